The molecule has 0 aliphatic carbocycles. The summed E-state index contributed by atoms with van der Waals surface area (Å²) >= 11 is 0. The fraction of sp³-hybridized carbons (Fsp3) is 0.632. The Balaban J connectivity index is 1.56. The number of benzene rings is 1. The Hall–Kier alpha value is -1.35. The van der Waals surface area contributed by atoms with Gasteiger partial charge in [-0.05, 0) is 49.8 Å². The van der Waals surface area contributed by atoms with Crippen LogP contribution in [0.5, 0.6) is 0 Å². The monoisotopic (exact) mass is 300 g/mol. The van der Waals surface area contributed by atoms with Crippen molar-refractivity contribution in [1.82, 2.24) is 0 Å². The van der Waals surface area contributed by atoms with Gasteiger partial charge in [-0.25, -0.2) is 0 Å². The summed E-state index contributed by atoms with van der Waals surface area (Å²) in [6, 6.07) is 9.54. The molecule has 1 aromatic rings. The molecule has 22 heavy (non-hydrogen) atoms. The van der Waals surface area contributed by atoms with Gasteiger partial charge in [0.1, 0.15) is 0 Å². The molecule has 2 aliphatic rings. The van der Waals surface area contributed by atoms with Gasteiger partial charge in [-0.3, -0.25) is 4.99 Å². The standard InChI is InChI=1S/C19H29N3/c1-21(2)18-10-8-16(9-11-18)14-20-15-17-6-5-13-22-12-4-3-7-19(17)22/h8-11,14,17,19H,3-7,12-13,15H2,1-2H3/p+1/t17-,19-/m1/s1. The lowest BCUT2D eigenvalue weighted by molar-refractivity contribution is -0.939. The van der Waals surface area contributed by atoms with Crippen molar-refractivity contribution in [2.75, 3.05) is 38.6 Å². The third-order valence-electron chi connectivity index (χ3n) is 5.42. The van der Waals surface area contributed by atoms with Crippen LogP contribution in [0.15, 0.2) is 29.3 Å². The molecular formula is C19H30N3+. The van der Waals surface area contributed by atoms with E-state index in [-0.39, 0.29) is 0 Å². The molecule has 2 saturated heterocycles. The van der Waals surface area contributed by atoms with Crippen LogP contribution in [0.3, 0.4) is 0 Å². The summed E-state index contributed by atoms with van der Waals surface area (Å²) < 4.78 is 0. The van der Waals surface area contributed by atoms with Gasteiger partial charge in [-0.1, -0.05) is 12.1 Å². The molecule has 3 nitrogen and oxygen atoms in total. The largest absolute Gasteiger partial charge is 0.378 e. The van der Waals surface area contributed by atoms with Crippen LogP contribution in [0.1, 0.15) is 37.7 Å². The average Bonchev–Trinajstić information content (AvgIpc) is 2.55. The van der Waals surface area contributed by atoms with Crippen LogP contribution in [0, 0.1) is 5.92 Å². The van der Waals surface area contributed by atoms with Crippen molar-refractivity contribution in [2.24, 2.45) is 10.9 Å². The van der Waals surface area contributed by atoms with Crippen LogP contribution in [-0.2, 0) is 0 Å². The number of hydrogen-bond donors (Lipinski definition) is 1. The molecule has 3 heteroatoms. The smallest absolute Gasteiger partial charge is 0.0921 e. The number of nitrogens with zero attached hydrogens (tertiary/aromatic N) is 2. The number of nitrogens with one attached hydrogen (secondary N) is 1. The summed E-state index contributed by atoms with van der Waals surface area (Å²) in [7, 11) is 4.15. The van der Waals surface area contributed by atoms with Crippen molar-refractivity contribution >= 4 is 11.9 Å². The summed E-state index contributed by atoms with van der Waals surface area (Å²) in [5, 5.41) is 0. The Labute approximate surface area is 135 Å². The Morgan fingerprint density at radius 2 is 1.86 bits per heavy atom. The number of anilines is 1. The molecule has 1 unspecified atom stereocenters. The molecule has 0 saturated carbocycles. The van der Waals surface area contributed by atoms with Crippen LogP contribution >= 0.6 is 0 Å². The molecule has 0 amide bonds. The lowest BCUT2D eigenvalue weighted by Gasteiger charge is -2.40. The van der Waals surface area contributed by atoms with Crippen molar-refractivity contribution in [3.05, 3.63) is 29.8 Å². The van der Waals surface area contributed by atoms with Crippen molar-refractivity contribution in [3.8, 4) is 0 Å². The summed E-state index contributed by atoms with van der Waals surface area (Å²) in [6.07, 6.45) is 9.12. The molecule has 0 spiro atoms. The number of quaternary nitrogens is 1. The molecule has 0 bridgehead atoms. The molecular weight excluding hydrogens is 270 g/mol. The molecule has 1 N–H and O–H groups in total. The molecule has 3 rings (SSSR count). The zero-order valence-corrected chi connectivity index (χ0v) is 14.1. The van der Waals surface area contributed by atoms with Gasteiger partial charge in [0, 0.05) is 38.5 Å². The van der Waals surface area contributed by atoms with Crippen molar-refractivity contribution in [2.45, 2.75) is 38.1 Å². The minimum absolute atomic E-state index is 0.807. The molecule has 2 heterocycles. The normalized spacial score (nSPS) is 28.5. The van der Waals surface area contributed by atoms with Gasteiger partial charge in [0.2, 0.25) is 0 Å². The Morgan fingerprint density at radius 3 is 2.64 bits per heavy atom. The van der Waals surface area contributed by atoms with E-state index in [0.717, 1.165) is 18.5 Å². The lowest BCUT2D eigenvalue weighted by atomic mass is 9.83. The number of hydrogen-bond acceptors (Lipinski definition) is 2. The second kappa shape index (κ2) is 7.28. The number of piperidine rings is 2. The summed E-state index contributed by atoms with van der Waals surface area (Å²) in [6.45, 7) is 3.82. The van der Waals surface area contributed by atoms with Crippen LogP contribution in [0.2, 0.25) is 0 Å². The van der Waals surface area contributed by atoms with E-state index in [2.05, 4.69) is 49.5 Å². The van der Waals surface area contributed by atoms with E-state index in [1.54, 1.807) is 0 Å². The number of aliphatic imine (C=N–C) groups is 1. The molecule has 0 radical (unpaired) electrons. The van der Waals surface area contributed by atoms with Gasteiger partial charge in [0.05, 0.1) is 19.1 Å². The maximum atomic E-state index is 4.78. The van der Waals surface area contributed by atoms with E-state index in [0.29, 0.717) is 0 Å². The first-order valence-electron chi connectivity index (χ1n) is 8.86. The van der Waals surface area contributed by atoms with Gasteiger partial charge in [-0.15, -0.1) is 0 Å². The van der Waals surface area contributed by atoms with Gasteiger partial charge < -0.3 is 9.80 Å². The Bertz CT molecular complexity index is 490. The predicted octanol–water partition coefficient (Wildman–Crippen LogP) is 2.02. The highest BCUT2D eigenvalue weighted by atomic mass is 15.2. The van der Waals surface area contributed by atoms with Crippen LogP contribution in [0.4, 0.5) is 5.69 Å². The zero-order valence-electron chi connectivity index (χ0n) is 14.1. The molecule has 3 atom stereocenters. The fourth-order valence-electron chi connectivity index (χ4n) is 4.15. The molecule has 1 aromatic carbocycles. The quantitative estimate of drug-likeness (QED) is 0.844. The third-order valence-corrected chi connectivity index (χ3v) is 5.42. The van der Waals surface area contributed by atoms with E-state index in [9.17, 15) is 0 Å². The Morgan fingerprint density at radius 1 is 1.09 bits per heavy atom. The highest BCUT2D eigenvalue weighted by Gasteiger charge is 2.35. The molecule has 0 aromatic heterocycles. The van der Waals surface area contributed by atoms with Crippen molar-refractivity contribution < 1.29 is 4.90 Å². The van der Waals surface area contributed by atoms with Crippen LogP contribution in [0.25, 0.3) is 0 Å². The zero-order chi connectivity index (χ0) is 15.4. The summed E-state index contributed by atoms with van der Waals surface area (Å²) in [4.78, 5) is 8.78. The first-order valence-corrected chi connectivity index (χ1v) is 8.86. The lowest BCUT2D eigenvalue weighted by Crippen LogP contribution is -3.18. The maximum Gasteiger partial charge on any atom is 0.0921 e. The van der Waals surface area contributed by atoms with Crippen LogP contribution < -0.4 is 9.80 Å². The fourth-order valence-corrected chi connectivity index (χ4v) is 4.15. The summed E-state index contributed by atoms with van der Waals surface area (Å²) in [5.41, 5.74) is 2.46. The average molecular weight is 300 g/mol. The number of rotatable bonds is 4. The van der Waals surface area contributed by atoms with Crippen LogP contribution in [-0.4, -0.2) is 46.0 Å². The van der Waals surface area contributed by atoms with E-state index >= 15 is 0 Å². The maximum absolute atomic E-state index is 4.78. The number of fused-ring (bicyclic) bond motifs is 1. The van der Waals surface area contributed by atoms with E-state index in [1.165, 1.54) is 56.4 Å². The second-order valence-corrected chi connectivity index (χ2v) is 7.14. The third kappa shape index (κ3) is 3.70. The van der Waals surface area contributed by atoms with Gasteiger partial charge >= 0.3 is 0 Å². The van der Waals surface area contributed by atoms with Gasteiger partial charge in [-0.2, -0.15) is 0 Å². The first-order chi connectivity index (χ1) is 10.7. The highest BCUT2D eigenvalue weighted by molar-refractivity contribution is 5.80. The van der Waals surface area contributed by atoms with E-state index in [4.69, 9.17) is 4.99 Å². The first kappa shape index (κ1) is 15.5. The molecule has 120 valence electrons. The highest BCUT2D eigenvalue weighted by Crippen LogP contribution is 2.20. The van der Waals surface area contributed by atoms with Crippen molar-refractivity contribution in [3.63, 3.8) is 0 Å². The second-order valence-electron chi connectivity index (χ2n) is 7.14. The predicted molar refractivity (Wildman–Crippen MR) is 94.3 cm³/mol. The van der Waals surface area contributed by atoms with E-state index < -0.39 is 0 Å². The minimum Gasteiger partial charge on any atom is -0.378 e. The summed E-state index contributed by atoms with van der Waals surface area (Å²) in [5.74, 6) is 0.807. The van der Waals surface area contributed by atoms with E-state index in [1.807, 2.05) is 4.90 Å². The minimum atomic E-state index is 0.807. The molecule has 2 fully saturated rings. The topological polar surface area (TPSA) is 20.0 Å². The SMILES string of the molecule is CN(C)c1ccc(C=NC[C@H]2CCC[NH+]3CCCC[C@H]23)cc1. The molecule has 2 aliphatic heterocycles. The van der Waals surface area contributed by atoms with Crippen molar-refractivity contribution in [1.29, 1.82) is 0 Å². The van der Waals surface area contributed by atoms with Gasteiger partial charge in [0.25, 0.3) is 0 Å². The van der Waals surface area contributed by atoms with Gasteiger partial charge in [0.15, 0.2) is 0 Å². The Kier molecular flexibility index (Phi) is 5.14.